The Morgan fingerprint density at radius 3 is 3.00 bits per heavy atom. The van der Waals surface area contributed by atoms with Crippen molar-refractivity contribution in [2.24, 2.45) is 0 Å². The zero-order chi connectivity index (χ0) is 11.4. The lowest BCUT2D eigenvalue weighted by molar-refractivity contribution is 1.26. The molecule has 0 atom stereocenters. The van der Waals surface area contributed by atoms with Gasteiger partial charge in [-0.05, 0) is 36.3 Å². The molecule has 0 saturated carbocycles. The minimum Gasteiger partial charge on any atom is -0.256 e. The van der Waals surface area contributed by atoms with E-state index in [0.717, 1.165) is 17.7 Å². The van der Waals surface area contributed by atoms with E-state index in [4.69, 9.17) is 0 Å². The highest BCUT2D eigenvalue weighted by atomic mass is 32.1. The first kappa shape index (κ1) is 11.2. The summed E-state index contributed by atoms with van der Waals surface area (Å²) in [7, 11) is 0. The van der Waals surface area contributed by atoms with Gasteiger partial charge in [-0.15, -0.1) is 0 Å². The van der Waals surface area contributed by atoms with E-state index >= 15 is 0 Å². The molecule has 0 aliphatic rings. The molecule has 2 rings (SSSR count). The van der Waals surface area contributed by atoms with E-state index in [2.05, 4.69) is 54.9 Å². The molecule has 0 unspecified atom stereocenters. The summed E-state index contributed by atoms with van der Waals surface area (Å²) in [4.78, 5) is 4.42. The molecule has 0 saturated heterocycles. The Morgan fingerprint density at radius 1 is 1.31 bits per heavy atom. The van der Waals surface area contributed by atoms with E-state index in [0.29, 0.717) is 0 Å². The van der Waals surface area contributed by atoms with E-state index < -0.39 is 0 Å². The zero-order valence-electron chi connectivity index (χ0n) is 9.35. The van der Waals surface area contributed by atoms with Crippen LogP contribution in [0, 0.1) is 6.92 Å². The molecule has 0 N–H and O–H groups in total. The monoisotopic (exact) mass is 229 g/mol. The number of fused-ring (bicyclic) bond motifs is 1. The maximum atomic E-state index is 4.42. The number of rotatable bonds is 3. The Morgan fingerprint density at radius 2 is 2.19 bits per heavy atom. The van der Waals surface area contributed by atoms with Gasteiger partial charge in [0.25, 0.3) is 0 Å². The van der Waals surface area contributed by atoms with Crippen molar-refractivity contribution in [1.29, 1.82) is 0 Å². The molecule has 2 heteroatoms. The fourth-order valence-electron chi connectivity index (χ4n) is 1.77. The fourth-order valence-corrected chi connectivity index (χ4v) is 1.92. The highest BCUT2D eigenvalue weighted by molar-refractivity contribution is 7.80. The molecule has 0 aliphatic heterocycles. The van der Waals surface area contributed by atoms with Crippen LogP contribution in [0.15, 0.2) is 36.5 Å². The second-order valence-corrected chi connectivity index (χ2v) is 4.22. The lowest BCUT2D eigenvalue weighted by atomic mass is 10.0. The third-order valence-electron chi connectivity index (χ3n) is 2.66. The van der Waals surface area contributed by atoms with Gasteiger partial charge in [-0.2, -0.15) is 12.6 Å². The van der Waals surface area contributed by atoms with Crippen LogP contribution in [0.5, 0.6) is 0 Å². The molecule has 0 spiro atoms. The number of pyridine rings is 1. The van der Waals surface area contributed by atoms with Crippen molar-refractivity contribution in [3.63, 3.8) is 0 Å². The van der Waals surface area contributed by atoms with Crippen molar-refractivity contribution in [1.82, 2.24) is 4.98 Å². The maximum Gasteiger partial charge on any atom is 0.0737 e. The molecule has 1 nitrogen and oxygen atoms in total. The summed E-state index contributed by atoms with van der Waals surface area (Å²) in [6.07, 6.45) is 7.16. The van der Waals surface area contributed by atoms with Crippen LogP contribution in [0.1, 0.15) is 17.5 Å². The summed E-state index contributed by atoms with van der Waals surface area (Å²) in [6.45, 7) is 2.12. The molecule has 1 aromatic heterocycles. The molecule has 2 aromatic rings. The lowest BCUT2D eigenvalue weighted by Crippen LogP contribution is -1.86. The van der Waals surface area contributed by atoms with Crippen LogP contribution in [-0.4, -0.2) is 10.7 Å². The third-order valence-corrected chi connectivity index (χ3v) is 2.92. The second-order valence-electron chi connectivity index (χ2n) is 3.77. The van der Waals surface area contributed by atoms with Gasteiger partial charge in [0, 0.05) is 11.6 Å². The van der Waals surface area contributed by atoms with Crippen LogP contribution in [0.3, 0.4) is 0 Å². The number of aromatic nitrogens is 1. The molecular formula is C14H15NS. The van der Waals surface area contributed by atoms with Gasteiger partial charge in [0.05, 0.1) is 5.52 Å². The molecule has 0 aliphatic carbocycles. The van der Waals surface area contributed by atoms with E-state index in [1.54, 1.807) is 0 Å². The van der Waals surface area contributed by atoms with Crippen molar-refractivity contribution >= 4 is 29.6 Å². The molecule has 1 aromatic carbocycles. The molecule has 16 heavy (non-hydrogen) atoms. The van der Waals surface area contributed by atoms with Crippen molar-refractivity contribution in [2.45, 2.75) is 13.3 Å². The summed E-state index contributed by atoms with van der Waals surface area (Å²) < 4.78 is 0. The quantitative estimate of drug-likeness (QED) is 0.788. The minimum atomic E-state index is 0.890. The van der Waals surface area contributed by atoms with Crippen LogP contribution in [0.4, 0.5) is 0 Å². The first-order valence-electron chi connectivity index (χ1n) is 5.44. The average Bonchev–Trinajstić information content (AvgIpc) is 2.33. The van der Waals surface area contributed by atoms with Crippen molar-refractivity contribution in [3.8, 4) is 0 Å². The van der Waals surface area contributed by atoms with Gasteiger partial charge in [-0.25, -0.2) is 0 Å². The van der Waals surface area contributed by atoms with Gasteiger partial charge in [0.1, 0.15) is 0 Å². The molecular weight excluding hydrogens is 214 g/mol. The first-order chi connectivity index (χ1) is 7.83. The smallest absolute Gasteiger partial charge is 0.0737 e. The summed E-state index contributed by atoms with van der Waals surface area (Å²) in [5.74, 6) is 0.890. The standard InChI is InChI=1S/C14H15NS/c1-11-12(5-2-3-10-16)7-8-13-6-4-9-15-14(11)13/h2,4-9,16H,3,10H2,1H3. The maximum absolute atomic E-state index is 4.42. The van der Waals surface area contributed by atoms with E-state index in [-0.39, 0.29) is 0 Å². The molecule has 0 fully saturated rings. The number of thiol groups is 1. The summed E-state index contributed by atoms with van der Waals surface area (Å²) >= 11 is 4.19. The van der Waals surface area contributed by atoms with Crippen LogP contribution in [0.25, 0.3) is 17.0 Å². The second kappa shape index (κ2) is 5.17. The van der Waals surface area contributed by atoms with Crippen molar-refractivity contribution in [2.75, 3.05) is 5.75 Å². The Labute approximate surface area is 102 Å². The molecule has 0 radical (unpaired) electrons. The van der Waals surface area contributed by atoms with Gasteiger partial charge >= 0.3 is 0 Å². The first-order valence-corrected chi connectivity index (χ1v) is 6.08. The highest BCUT2D eigenvalue weighted by Gasteiger charge is 2.01. The number of hydrogen-bond donors (Lipinski definition) is 1. The average molecular weight is 229 g/mol. The van der Waals surface area contributed by atoms with Crippen molar-refractivity contribution < 1.29 is 0 Å². The van der Waals surface area contributed by atoms with Crippen LogP contribution < -0.4 is 0 Å². The van der Waals surface area contributed by atoms with Crippen LogP contribution in [-0.2, 0) is 0 Å². The predicted molar refractivity (Wildman–Crippen MR) is 74.0 cm³/mol. The summed E-state index contributed by atoms with van der Waals surface area (Å²) in [5.41, 5.74) is 3.58. The Hall–Kier alpha value is -1.28. The normalized spacial score (nSPS) is 11.4. The van der Waals surface area contributed by atoms with Gasteiger partial charge in [0.2, 0.25) is 0 Å². The zero-order valence-corrected chi connectivity index (χ0v) is 10.2. The molecule has 82 valence electrons. The molecule has 1 heterocycles. The largest absolute Gasteiger partial charge is 0.256 e. The number of hydrogen-bond acceptors (Lipinski definition) is 2. The topological polar surface area (TPSA) is 12.9 Å². The number of benzene rings is 1. The third kappa shape index (κ3) is 2.27. The van der Waals surface area contributed by atoms with E-state index in [1.165, 1.54) is 16.5 Å². The van der Waals surface area contributed by atoms with Gasteiger partial charge in [-0.1, -0.05) is 30.4 Å². The Bertz CT molecular complexity index is 517. The van der Waals surface area contributed by atoms with Gasteiger partial charge in [-0.3, -0.25) is 4.98 Å². The van der Waals surface area contributed by atoms with E-state index in [1.807, 2.05) is 12.3 Å². The highest BCUT2D eigenvalue weighted by Crippen LogP contribution is 2.20. The lowest BCUT2D eigenvalue weighted by Gasteiger charge is -2.04. The Balaban J connectivity index is 2.44. The Kier molecular flexibility index (Phi) is 3.62. The SMILES string of the molecule is Cc1c(C=CCCS)ccc2cccnc12. The van der Waals surface area contributed by atoms with Gasteiger partial charge < -0.3 is 0 Å². The number of aryl methyl sites for hydroxylation is 1. The number of nitrogens with zero attached hydrogens (tertiary/aromatic N) is 1. The fraction of sp³-hybridized carbons (Fsp3) is 0.214. The summed E-state index contributed by atoms with van der Waals surface area (Å²) in [6, 6.07) is 8.33. The van der Waals surface area contributed by atoms with Gasteiger partial charge in [0.15, 0.2) is 0 Å². The minimum absolute atomic E-state index is 0.890. The van der Waals surface area contributed by atoms with Crippen LogP contribution in [0.2, 0.25) is 0 Å². The predicted octanol–water partition coefficient (Wildman–Crippen LogP) is 3.88. The van der Waals surface area contributed by atoms with Crippen LogP contribution >= 0.6 is 12.6 Å². The molecule has 0 amide bonds. The number of allylic oxidation sites excluding steroid dienone is 1. The molecule has 0 bridgehead atoms. The van der Waals surface area contributed by atoms with E-state index in [9.17, 15) is 0 Å². The summed E-state index contributed by atoms with van der Waals surface area (Å²) in [5, 5.41) is 1.20. The van der Waals surface area contributed by atoms with Crippen molar-refractivity contribution in [3.05, 3.63) is 47.7 Å².